The lowest BCUT2D eigenvalue weighted by Crippen LogP contribution is -2.12. The van der Waals surface area contributed by atoms with E-state index in [4.69, 9.17) is 4.52 Å². The van der Waals surface area contributed by atoms with Crippen LogP contribution in [0, 0.1) is 7.14 Å². The summed E-state index contributed by atoms with van der Waals surface area (Å²) >= 11 is 4.47. The van der Waals surface area contributed by atoms with Gasteiger partial charge in [-0.05, 0) is 81.6 Å². The molecule has 3 aromatic rings. The van der Waals surface area contributed by atoms with Crippen molar-refractivity contribution >= 4 is 56.8 Å². The van der Waals surface area contributed by atoms with Gasteiger partial charge in [0.1, 0.15) is 0 Å². The molecule has 2 aromatic carbocycles. The maximum Gasteiger partial charge on any atom is 0.227 e. The average molecular weight is 545 g/mol. The van der Waals surface area contributed by atoms with Crippen molar-refractivity contribution in [3.63, 3.8) is 0 Å². The van der Waals surface area contributed by atoms with Crippen molar-refractivity contribution in [1.29, 1.82) is 0 Å². The summed E-state index contributed by atoms with van der Waals surface area (Å²) in [4.78, 5) is 16.3. The molecule has 1 heterocycles. The molecule has 1 N–H and O–H groups in total. The van der Waals surface area contributed by atoms with Gasteiger partial charge in [-0.3, -0.25) is 4.79 Å². The molecule has 122 valence electrons. The van der Waals surface area contributed by atoms with E-state index in [-0.39, 0.29) is 5.91 Å². The fourth-order valence-corrected chi connectivity index (χ4v) is 2.77. The molecular weight excluding hydrogens is 532 g/mol. The summed E-state index contributed by atoms with van der Waals surface area (Å²) in [6, 6.07) is 15.5. The molecule has 24 heavy (non-hydrogen) atoms. The summed E-state index contributed by atoms with van der Waals surface area (Å²) in [7, 11) is 0. The number of anilines is 1. The molecule has 0 unspecified atom stereocenters. The minimum absolute atomic E-state index is 0.0785. The van der Waals surface area contributed by atoms with Gasteiger partial charge in [-0.2, -0.15) is 4.98 Å². The van der Waals surface area contributed by atoms with Crippen molar-refractivity contribution in [3.8, 4) is 11.4 Å². The zero-order valence-electron chi connectivity index (χ0n) is 12.5. The van der Waals surface area contributed by atoms with E-state index in [9.17, 15) is 4.79 Å². The van der Waals surface area contributed by atoms with Gasteiger partial charge in [0.2, 0.25) is 17.6 Å². The van der Waals surface area contributed by atoms with Gasteiger partial charge in [-0.15, -0.1) is 0 Å². The third-order valence-electron chi connectivity index (χ3n) is 3.26. The lowest BCUT2D eigenvalue weighted by atomic mass is 10.2. The molecule has 0 radical (unpaired) electrons. The highest BCUT2D eigenvalue weighted by molar-refractivity contribution is 14.1. The number of aryl methyl sites for hydroxylation is 1. The number of hydrogen-bond acceptors (Lipinski definition) is 4. The Bertz CT molecular complexity index is 830. The molecule has 0 atom stereocenters. The third kappa shape index (κ3) is 4.76. The number of hydrogen-bond donors (Lipinski definition) is 1. The first-order valence-electron chi connectivity index (χ1n) is 7.24. The molecule has 0 aliphatic rings. The van der Waals surface area contributed by atoms with Crippen molar-refractivity contribution < 1.29 is 9.32 Å². The minimum atomic E-state index is -0.0785. The van der Waals surface area contributed by atoms with Crippen LogP contribution in [0.5, 0.6) is 0 Å². The summed E-state index contributed by atoms with van der Waals surface area (Å²) in [5.74, 6) is 0.922. The molecule has 7 heteroatoms. The van der Waals surface area contributed by atoms with Crippen LogP contribution in [0.15, 0.2) is 53.1 Å². The second kappa shape index (κ2) is 8.06. The molecule has 0 saturated heterocycles. The van der Waals surface area contributed by atoms with Gasteiger partial charge in [0.25, 0.3) is 0 Å². The minimum Gasteiger partial charge on any atom is -0.339 e. The van der Waals surface area contributed by atoms with Gasteiger partial charge in [0, 0.05) is 31.2 Å². The number of amides is 1. The Labute approximate surface area is 166 Å². The normalized spacial score (nSPS) is 10.6. The SMILES string of the molecule is O=C(CCc1nc(-c2ccc(I)cc2)no1)Nc1ccc(I)cc1. The highest BCUT2D eigenvalue weighted by Crippen LogP contribution is 2.18. The van der Waals surface area contributed by atoms with Gasteiger partial charge >= 0.3 is 0 Å². The van der Waals surface area contributed by atoms with Gasteiger partial charge in [-0.25, -0.2) is 0 Å². The maximum absolute atomic E-state index is 12.0. The molecule has 1 aromatic heterocycles. The van der Waals surface area contributed by atoms with E-state index in [0.29, 0.717) is 24.6 Å². The van der Waals surface area contributed by atoms with Crippen LogP contribution in [-0.2, 0) is 11.2 Å². The van der Waals surface area contributed by atoms with E-state index < -0.39 is 0 Å². The predicted octanol–water partition coefficient (Wildman–Crippen LogP) is 4.52. The van der Waals surface area contributed by atoms with E-state index in [1.807, 2.05) is 48.5 Å². The first kappa shape index (κ1) is 17.3. The molecule has 0 aliphatic heterocycles. The zero-order chi connectivity index (χ0) is 16.9. The summed E-state index contributed by atoms with van der Waals surface area (Å²) < 4.78 is 7.49. The molecular formula is C17H13I2N3O2. The Kier molecular flexibility index (Phi) is 5.82. The first-order valence-corrected chi connectivity index (χ1v) is 9.40. The van der Waals surface area contributed by atoms with E-state index in [0.717, 1.165) is 18.4 Å². The zero-order valence-corrected chi connectivity index (χ0v) is 16.8. The Morgan fingerprint density at radius 3 is 2.29 bits per heavy atom. The molecule has 0 aliphatic carbocycles. The van der Waals surface area contributed by atoms with Crippen molar-refractivity contribution in [1.82, 2.24) is 10.1 Å². The van der Waals surface area contributed by atoms with Crippen molar-refractivity contribution in [3.05, 3.63) is 61.6 Å². The van der Waals surface area contributed by atoms with Crippen LogP contribution in [0.4, 0.5) is 5.69 Å². The van der Waals surface area contributed by atoms with Crippen molar-refractivity contribution in [2.45, 2.75) is 12.8 Å². The number of carbonyl (C=O) groups is 1. The Balaban J connectivity index is 1.56. The van der Waals surface area contributed by atoms with E-state index in [1.54, 1.807) is 0 Å². The fraction of sp³-hybridized carbons (Fsp3) is 0.118. The van der Waals surface area contributed by atoms with Gasteiger partial charge in [-0.1, -0.05) is 17.3 Å². The number of aromatic nitrogens is 2. The van der Waals surface area contributed by atoms with Crippen molar-refractivity contribution in [2.75, 3.05) is 5.32 Å². The van der Waals surface area contributed by atoms with Crippen LogP contribution < -0.4 is 5.32 Å². The summed E-state index contributed by atoms with van der Waals surface area (Å²) in [6.45, 7) is 0. The van der Waals surface area contributed by atoms with E-state index >= 15 is 0 Å². The topological polar surface area (TPSA) is 68.0 Å². The molecule has 0 saturated carbocycles. The van der Waals surface area contributed by atoms with Crippen LogP contribution in [0.3, 0.4) is 0 Å². The first-order chi connectivity index (χ1) is 11.6. The quantitative estimate of drug-likeness (QED) is 0.480. The molecule has 3 rings (SSSR count). The monoisotopic (exact) mass is 545 g/mol. The van der Waals surface area contributed by atoms with Gasteiger partial charge in [0.15, 0.2) is 0 Å². The fourth-order valence-electron chi connectivity index (χ4n) is 2.05. The second-order valence-electron chi connectivity index (χ2n) is 5.07. The van der Waals surface area contributed by atoms with Gasteiger partial charge < -0.3 is 9.84 Å². The third-order valence-corrected chi connectivity index (χ3v) is 4.70. The molecule has 0 fully saturated rings. The molecule has 0 bridgehead atoms. The Morgan fingerprint density at radius 2 is 1.62 bits per heavy atom. The van der Waals surface area contributed by atoms with Crippen LogP contribution in [0.1, 0.15) is 12.3 Å². The van der Waals surface area contributed by atoms with Crippen LogP contribution in [0.25, 0.3) is 11.4 Å². The smallest absolute Gasteiger partial charge is 0.227 e. The highest BCUT2D eigenvalue weighted by atomic mass is 127. The molecule has 1 amide bonds. The van der Waals surface area contributed by atoms with Gasteiger partial charge in [0.05, 0.1) is 0 Å². The summed E-state index contributed by atoms with van der Waals surface area (Å²) in [6.07, 6.45) is 0.702. The van der Waals surface area contributed by atoms with Crippen LogP contribution in [0.2, 0.25) is 0 Å². The highest BCUT2D eigenvalue weighted by Gasteiger charge is 2.11. The lowest BCUT2D eigenvalue weighted by Gasteiger charge is -2.03. The standard InChI is InChI=1S/C17H13I2N3O2/c18-12-3-1-11(2-4-12)17-21-16(24-22-17)10-9-15(23)20-14-7-5-13(19)6-8-14/h1-8H,9-10H2,(H,20,23). The van der Waals surface area contributed by atoms with E-state index in [1.165, 1.54) is 0 Å². The number of halogens is 2. The van der Waals surface area contributed by atoms with Crippen molar-refractivity contribution in [2.24, 2.45) is 0 Å². The lowest BCUT2D eigenvalue weighted by molar-refractivity contribution is -0.116. The second-order valence-corrected chi connectivity index (χ2v) is 7.56. The number of rotatable bonds is 5. The van der Waals surface area contributed by atoms with Crippen LogP contribution >= 0.6 is 45.2 Å². The Morgan fingerprint density at radius 1 is 1.00 bits per heavy atom. The maximum atomic E-state index is 12.0. The number of nitrogens with zero attached hydrogens (tertiary/aromatic N) is 2. The molecule has 5 nitrogen and oxygen atoms in total. The summed E-state index contributed by atoms with van der Waals surface area (Å²) in [5, 5.41) is 6.82. The Hall–Kier alpha value is -1.49. The largest absolute Gasteiger partial charge is 0.339 e. The van der Waals surface area contributed by atoms with E-state index in [2.05, 4.69) is 60.6 Å². The summed E-state index contributed by atoms with van der Waals surface area (Å²) in [5.41, 5.74) is 1.68. The number of nitrogens with one attached hydrogen (secondary N) is 1. The molecule has 0 spiro atoms. The predicted molar refractivity (Wildman–Crippen MR) is 109 cm³/mol. The number of carbonyl (C=O) groups excluding carboxylic acids is 1. The van der Waals surface area contributed by atoms with Crippen LogP contribution in [-0.4, -0.2) is 16.0 Å². The average Bonchev–Trinajstić information content (AvgIpc) is 3.05. The number of benzene rings is 2.